The molecule has 1 aliphatic carbocycles. The van der Waals surface area contributed by atoms with E-state index in [9.17, 15) is 9.59 Å². The minimum absolute atomic E-state index is 0.0334. The Morgan fingerprint density at radius 1 is 1.32 bits per heavy atom. The molecule has 100 valence electrons. The summed E-state index contributed by atoms with van der Waals surface area (Å²) in [5, 5.41) is 2.83. The van der Waals surface area contributed by atoms with E-state index in [2.05, 4.69) is 5.32 Å². The maximum absolute atomic E-state index is 11.9. The van der Waals surface area contributed by atoms with Gasteiger partial charge in [-0.05, 0) is 24.1 Å². The summed E-state index contributed by atoms with van der Waals surface area (Å²) >= 11 is 0. The van der Waals surface area contributed by atoms with Gasteiger partial charge in [0.05, 0.1) is 5.92 Å². The zero-order valence-electron chi connectivity index (χ0n) is 10.5. The van der Waals surface area contributed by atoms with Crippen LogP contribution in [-0.2, 0) is 11.3 Å². The highest BCUT2D eigenvalue weighted by molar-refractivity contribution is 5.92. The molecule has 1 aromatic carbocycles. The fraction of sp³-hybridized carbons (Fsp3) is 0.286. The van der Waals surface area contributed by atoms with Crippen LogP contribution in [0.4, 0.5) is 0 Å². The SMILES string of the molecule is NC(=O)c1cccc(CNC(=O)C2C=CC(N)C2)c1. The van der Waals surface area contributed by atoms with Crippen molar-refractivity contribution in [2.75, 3.05) is 0 Å². The summed E-state index contributed by atoms with van der Waals surface area (Å²) in [4.78, 5) is 22.9. The summed E-state index contributed by atoms with van der Waals surface area (Å²) in [6, 6.07) is 6.87. The van der Waals surface area contributed by atoms with E-state index in [0.29, 0.717) is 18.5 Å². The van der Waals surface area contributed by atoms with Gasteiger partial charge in [-0.25, -0.2) is 0 Å². The highest BCUT2D eigenvalue weighted by Gasteiger charge is 2.22. The van der Waals surface area contributed by atoms with Crippen LogP contribution in [0.5, 0.6) is 0 Å². The Hall–Kier alpha value is -2.14. The number of hydrogen-bond donors (Lipinski definition) is 3. The predicted octanol–water partition coefficient (Wildman–Crippen LogP) is 0.305. The molecule has 5 nitrogen and oxygen atoms in total. The Balaban J connectivity index is 1.92. The summed E-state index contributed by atoms with van der Waals surface area (Å²) in [7, 11) is 0. The molecule has 5 N–H and O–H groups in total. The van der Waals surface area contributed by atoms with E-state index < -0.39 is 5.91 Å². The summed E-state index contributed by atoms with van der Waals surface area (Å²) in [5.41, 5.74) is 12.2. The van der Waals surface area contributed by atoms with Crippen molar-refractivity contribution in [2.45, 2.75) is 19.0 Å². The van der Waals surface area contributed by atoms with Crippen molar-refractivity contribution in [3.05, 3.63) is 47.5 Å². The highest BCUT2D eigenvalue weighted by atomic mass is 16.2. The molecule has 0 aromatic heterocycles. The number of benzene rings is 1. The first-order valence-corrected chi connectivity index (χ1v) is 6.16. The molecule has 2 unspecified atom stereocenters. The molecule has 19 heavy (non-hydrogen) atoms. The van der Waals surface area contributed by atoms with Gasteiger partial charge in [0, 0.05) is 18.2 Å². The molecule has 1 aliphatic rings. The Labute approximate surface area is 111 Å². The van der Waals surface area contributed by atoms with Crippen molar-refractivity contribution in [2.24, 2.45) is 17.4 Å². The van der Waals surface area contributed by atoms with Crippen LogP contribution >= 0.6 is 0 Å². The van der Waals surface area contributed by atoms with Crippen LogP contribution in [0, 0.1) is 5.92 Å². The van der Waals surface area contributed by atoms with Crippen LogP contribution in [0.1, 0.15) is 22.3 Å². The number of rotatable bonds is 4. The molecular formula is C14H17N3O2. The number of amides is 2. The van der Waals surface area contributed by atoms with Crippen LogP contribution in [0.15, 0.2) is 36.4 Å². The smallest absolute Gasteiger partial charge is 0.248 e. The quantitative estimate of drug-likeness (QED) is 0.678. The van der Waals surface area contributed by atoms with E-state index in [1.54, 1.807) is 18.2 Å². The average molecular weight is 259 g/mol. The maximum Gasteiger partial charge on any atom is 0.248 e. The normalized spacial score (nSPS) is 21.3. The first kappa shape index (κ1) is 13.3. The molecule has 0 spiro atoms. The fourth-order valence-electron chi connectivity index (χ4n) is 2.08. The van der Waals surface area contributed by atoms with Gasteiger partial charge < -0.3 is 16.8 Å². The summed E-state index contributed by atoms with van der Waals surface area (Å²) in [6.07, 6.45) is 4.32. The number of primary amides is 1. The van der Waals surface area contributed by atoms with Crippen LogP contribution in [0.2, 0.25) is 0 Å². The largest absolute Gasteiger partial charge is 0.366 e. The Kier molecular flexibility index (Phi) is 3.97. The van der Waals surface area contributed by atoms with Crippen LogP contribution in [0.25, 0.3) is 0 Å². The number of nitrogens with one attached hydrogen (secondary N) is 1. The van der Waals surface area contributed by atoms with Crippen LogP contribution in [0.3, 0.4) is 0 Å². The molecule has 1 aromatic rings. The highest BCUT2D eigenvalue weighted by Crippen LogP contribution is 2.16. The lowest BCUT2D eigenvalue weighted by molar-refractivity contribution is -0.123. The second-order valence-corrected chi connectivity index (χ2v) is 4.67. The van der Waals surface area contributed by atoms with Crippen LogP contribution < -0.4 is 16.8 Å². The van der Waals surface area contributed by atoms with E-state index in [1.165, 1.54) is 0 Å². The third-order valence-corrected chi connectivity index (χ3v) is 3.13. The molecule has 0 fully saturated rings. The maximum atomic E-state index is 11.9. The van der Waals surface area contributed by atoms with Gasteiger partial charge in [-0.3, -0.25) is 9.59 Å². The standard InChI is InChI=1S/C14H17N3O2/c15-12-5-4-11(7-12)14(19)17-8-9-2-1-3-10(6-9)13(16)18/h1-6,11-12H,7-8,15H2,(H2,16,18)(H,17,19). The third kappa shape index (κ3) is 3.42. The molecule has 2 atom stereocenters. The van der Waals surface area contributed by atoms with Crippen LogP contribution in [-0.4, -0.2) is 17.9 Å². The van der Waals surface area contributed by atoms with E-state index in [4.69, 9.17) is 11.5 Å². The zero-order chi connectivity index (χ0) is 13.8. The molecule has 5 heteroatoms. The third-order valence-electron chi connectivity index (χ3n) is 3.13. The number of nitrogens with two attached hydrogens (primary N) is 2. The molecule has 0 aliphatic heterocycles. The van der Waals surface area contributed by atoms with Crippen molar-refractivity contribution in [3.63, 3.8) is 0 Å². The predicted molar refractivity (Wildman–Crippen MR) is 72.0 cm³/mol. The molecule has 2 rings (SSSR count). The van der Waals surface area contributed by atoms with Crippen molar-refractivity contribution in [1.82, 2.24) is 5.32 Å². The van der Waals surface area contributed by atoms with E-state index >= 15 is 0 Å². The summed E-state index contributed by atoms with van der Waals surface area (Å²) < 4.78 is 0. The fourth-order valence-corrected chi connectivity index (χ4v) is 2.08. The number of carbonyl (C=O) groups is 2. The second-order valence-electron chi connectivity index (χ2n) is 4.67. The molecule has 2 amide bonds. The number of hydrogen-bond acceptors (Lipinski definition) is 3. The lowest BCUT2D eigenvalue weighted by atomic mass is 10.1. The molecule has 0 saturated heterocycles. The topological polar surface area (TPSA) is 98.2 Å². The second kappa shape index (κ2) is 5.67. The summed E-state index contributed by atoms with van der Waals surface area (Å²) in [5.74, 6) is -0.680. The monoisotopic (exact) mass is 259 g/mol. The average Bonchev–Trinajstić information content (AvgIpc) is 2.83. The van der Waals surface area contributed by atoms with E-state index in [-0.39, 0.29) is 17.9 Å². The van der Waals surface area contributed by atoms with Gasteiger partial charge in [0.15, 0.2) is 0 Å². The van der Waals surface area contributed by atoms with Gasteiger partial charge in [0.25, 0.3) is 0 Å². The first-order valence-electron chi connectivity index (χ1n) is 6.16. The van der Waals surface area contributed by atoms with Gasteiger partial charge in [-0.1, -0.05) is 24.3 Å². The van der Waals surface area contributed by atoms with Gasteiger partial charge in [-0.2, -0.15) is 0 Å². The molecule has 0 radical (unpaired) electrons. The Bertz CT molecular complexity index is 525. The Morgan fingerprint density at radius 2 is 2.11 bits per heavy atom. The minimum atomic E-state index is -0.474. The van der Waals surface area contributed by atoms with E-state index in [0.717, 1.165) is 5.56 Å². The van der Waals surface area contributed by atoms with Gasteiger partial charge in [-0.15, -0.1) is 0 Å². The van der Waals surface area contributed by atoms with Crippen molar-refractivity contribution >= 4 is 11.8 Å². The Morgan fingerprint density at radius 3 is 2.74 bits per heavy atom. The molecular weight excluding hydrogens is 242 g/mol. The molecule has 0 bridgehead atoms. The first-order chi connectivity index (χ1) is 9.06. The van der Waals surface area contributed by atoms with Crippen molar-refractivity contribution in [1.29, 1.82) is 0 Å². The lowest BCUT2D eigenvalue weighted by Crippen LogP contribution is -2.30. The molecule has 0 saturated carbocycles. The minimum Gasteiger partial charge on any atom is -0.366 e. The number of carbonyl (C=O) groups excluding carboxylic acids is 2. The molecule has 0 heterocycles. The van der Waals surface area contributed by atoms with E-state index in [1.807, 2.05) is 18.2 Å². The summed E-state index contributed by atoms with van der Waals surface area (Å²) in [6.45, 7) is 0.375. The van der Waals surface area contributed by atoms with Gasteiger partial charge >= 0.3 is 0 Å². The van der Waals surface area contributed by atoms with Crippen molar-refractivity contribution < 1.29 is 9.59 Å². The lowest BCUT2D eigenvalue weighted by Gasteiger charge is -2.10. The van der Waals surface area contributed by atoms with Gasteiger partial charge in [0.1, 0.15) is 0 Å². The van der Waals surface area contributed by atoms with Crippen molar-refractivity contribution in [3.8, 4) is 0 Å². The zero-order valence-corrected chi connectivity index (χ0v) is 10.5. The van der Waals surface area contributed by atoms with Gasteiger partial charge in [0.2, 0.25) is 11.8 Å².